The Morgan fingerprint density at radius 3 is 2.28 bits per heavy atom. The summed E-state index contributed by atoms with van der Waals surface area (Å²) in [7, 11) is -3.75. The van der Waals surface area contributed by atoms with Gasteiger partial charge in [-0.05, 0) is 67.7 Å². The minimum Gasteiger partial charge on any atom is -0.350 e. The third-order valence-corrected chi connectivity index (χ3v) is 7.00. The number of rotatable bonds is 9. The number of piperidine rings is 1. The molecule has 3 rings (SSSR count). The zero-order valence-corrected chi connectivity index (χ0v) is 19.6. The molecule has 0 aromatic heterocycles. The Hall–Kier alpha value is -2.45. The van der Waals surface area contributed by atoms with Gasteiger partial charge in [0.1, 0.15) is 11.9 Å². The lowest BCUT2D eigenvalue weighted by molar-refractivity contribution is -0.122. The summed E-state index contributed by atoms with van der Waals surface area (Å²) in [6.07, 6.45) is 5.03. The van der Waals surface area contributed by atoms with E-state index in [4.69, 9.17) is 0 Å². The number of nitrogens with zero attached hydrogens (tertiary/aromatic N) is 2. The number of carbonyl (C=O) groups excluding carboxylic acids is 1. The molecule has 32 heavy (non-hydrogen) atoms. The summed E-state index contributed by atoms with van der Waals surface area (Å²) in [6.45, 7) is 5.09. The Morgan fingerprint density at radius 1 is 1.06 bits per heavy atom. The fourth-order valence-corrected chi connectivity index (χ4v) is 5.40. The first-order valence-corrected chi connectivity index (χ1v) is 13.0. The number of hydrogen-bond donors (Lipinski definition) is 1. The maximum atomic E-state index is 13.4. The first-order chi connectivity index (χ1) is 15.3. The van der Waals surface area contributed by atoms with Gasteiger partial charge in [0.05, 0.1) is 11.9 Å². The molecule has 0 spiro atoms. The van der Waals surface area contributed by atoms with Crippen LogP contribution in [0, 0.1) is 5.82 Å². The van der Waals surface area contributed by atoms with E-state index in [1.165, 1.54) is 49.1 Å². The van der Waals surface area contributed by atoms with Crippen molar-refractivity contribution in [2.24, 2.45) is 0 Å². The highest BCUT2D eigenvalue weighted by Crippen LogP contribution is 2.23. The van der Waals surface area contributed by atoms with Gasteiger partial charge >= 0.3 is 0 Å². The molecule has 1 aliphatic heterocycles. The molecule has 0 aliphatic carbocycles. The molecule has 1 amide bonds. The van der Waals surface area contributed by atoms with Crippen molar-refractivity contribution in [1.29, 1.82) is 0 Å². The zero-order chi connectivity index (χ0) is 23.1. The number of anilines is 1. The van der Waals surface area contributed by atoms with Gasteiger partial charge in [-0.2, -0.15) is 0 Å². The molecule has 174 valence electrons. The number of benzene rings is 2. The molecular formula is C24H32FN3O3S. The molecule has 1 fully saturated rings. The topological polar surface area (TPSA) is 69.7 Å². The maximum absolute atomic E-state index is 13.4. The summed E-state index contributed by atoms with van der Waals surface area (Å²) in [5.41, 5.74) is 2.46. The summed E-state index contributed by atoms with van der Waals surface area (Å²) in [4.78, 5) is 15.5. The normalized spacial score (nSPS) is 15.8. The Morgan fingerprint density at radius 2 is 1.69 bits per heavy atom. The van der Waals surface area contributed by atoms with Gasteiger partial charge in [0, 0.05) is 13.1 Å². The Balaban J connectivity index is 1.74. The molecule has 1 N–H and O–H groups in total. The molecule has 1 aliphatic rings. The van der Waals surface area contributed by atoms with Crippen LogP contribution in [0.4, 0.5) is 10.1 Å². The highest BCUT2D eigenvalue weighted by molar-refractivity contribution is 7.92. The summed E-state index contributed by atoms with van der Waals surface area (Å²) in [5, 5.41) is 2.92. The number of carbonyl (C=O) groups is 1. The highest BCUT2D eigenvalue weighted by Gasteiger charge is 2.31. The molecule has 2 aromatic carbocycles. The molecule has 0 radical (unpaired) electrons. The van der Waals surface area contributed by atoms with Gasteiger partial charge in [-0.3, -0.25) is 14.0 Å². The van der Waals surface area contributed by atoms with Gasteiger partial charge in [-0.25, -0.2) is 12.8 Å². The Bertz CT molecular complexity index is 1010. The van der Waals surface area contributed by atoms with Crippen LogP contribution in [0.3, 0.4) is 0 Å². The largest absolute Gasteiger partial charge is 0.350 e. The SMILES string of the molecule is CC[C@H](C(=O)NCc1ccccc1CN1CCCCC1)N(c1ccc(F)cc1)S(C)(=O)=O. The Kier molecular flexibility index (Phi) is 8.26. The fraction of sp³-hybridized carbons (Fsp3) is 0.458. The van der Waals surface area contributed by atoms with Crippen molar-refractivity contribution in [1.82, 2.24) is 10.2 Å². The molecule has 8 heteroatoms. The first-order valence-electron chi connectivity index (χ1n) is 11.1. The number of likely N-dealkylation sites (tertiary alicyclic amines) is 1. The second-order valence-corrected chi connectivity index (χ2v) is 10.1. The smallest absolute Gasteiger partial charge is 0.244 e. The van der Waals surface area contributed by atoms with E-state index < -0.39 is 21.9 Å². The van der Waals surface area contributed by atoms with Crippen molar-refractivity contribution in [3.63, 3.8) is 0 Å². The lowest BCUT2D eigenvalue weighted by Gasteiger charge is -2.30. The Labute approximate surface area is 190 Å². The molecule has 6 nitrogen and oxygen atoms in total. The molecule has 0 saturated carbocycles. The third kappa shape index (κ3) is 6.29. The monoisotopic (exact) mass is 461 g/mol. The molecule has 2 aromatic rings. The van der Waals surface area contributed by atoms with E-state index >= 15 is 0 Å². The second kappa shape index (κ2) is 10.9. The summed E-state index contributed by atoms with van der Waals surface area (Å²) >= 11 is 0. The number of amides is 1. The van der Waals surface area contributed by atoms with Gasteiger partial charge in [0.2, 0.25) is 15.9 Å². The minimum atomic E-state index is -3.75. The second-order valence-electron chi connectivity index (χ2n) is 8.28. The van der Waals surface area contributed by atoms with Crippen LogP contribution in [0.15, 0.2) is 48.5 Å². The van der Waals surface area contributed by atoms with Crippen molar-refractivity contribution >= 4 is 21.6 Å². The molecule has 1 heterocycles. The van der Waals surface area contributed by atoms with E-state index in [-0.39, 0.29) is 18.0 Å². The third-order valence-electron chi connectivity index (χ3n) is 5.82. The van der Waals surface area contributed by atoms with E-state index in [2.05, 4.69) is 16.3 Å². The van der Waals surface area contributed by atoms with E-state index in [1.54, 1.807) is 6.92 Å². The van der Waals surface area contributed by atoms with Gasteiger partial charge in [-0.1, -0.05) is 37.6 Å². The van der Waals surface area contributed by atoms with Crippen LogP contribution in [0.5, 0.6) is 0 Å². The highest BCUT2D eigenvalue weighted by atomic mass is 32.2. The standard InChI is InChI=1S/C24H32FN3O3S/c1-3-23(28(32(2,30)31)22-13-11-21(25)12-14-22)24(29)26-17-19-9-5-6-10-20(19)18-27-15-7-4-8-16-27/h5-6,9-14,23H,3-4,7-8,15-18H2,1-2H3,(H,26,29)/t23-/m1/s1. The first kappa shape index (κ1) is 24.2. The molecule has 1 saturated heterocycles. The van der Waals surface area contributed by atoms with Crippen molar-refractivity contribution in [2.45, 2.75) is 51.7 Å². The van der Waals surface area contributed by atoms with Gasteiger partial charge in [0.15, 0.2) is 0 Å². The predicted octanol–water partition coefficient (Wildman–Crippen LogP) is 3.67. The van der Waals surface area contributed by atoms with Gasteiger partial charge in [0.25, 0.3) is 0 Å². The van der Waals surface area contributed by atoms with E-state index in [9.17, 15) is 17.6 Å². The quantitative estimate of drug-likeness (QED) is 0.619. The van der Waals surface area contributed by atoms with Crippen LogP contribution in [0.2, 0.25) is 0 Å². The van der Waals surface area contributed by atoms with Crippen LogP contribution < -0.4 is 9.62 Å². The van der Waals surface area contributed by atoms with Crippen molar-refractivity contribution < 1.29 is 17.6 Å². The number of halogens is 1. The van der Waals surface area contributed by atoms with E-state index in [0.29, 0.717) is 6.54 Å². The summed E-state index contributed by atoms with van der Waals surface area (Å²) < 4.78 is 39.5. The molecule has 0 unspecified atom stereocenters. The van der Waals surface area contributed by atoms with Crippen LogP contribution in [-0.4, -0.2) is 44.6 Å². The predicted molar refractivity (Wildman–Crippen MR) is 125 cm³/mol. The average molecular weight is 462 g/mol. The molecular weight excluding hydrogens is 429 g/mol. The fourth-order valence-electron chi connectivity index (χ4n) is 4.19. The van der Waals surface area contributed by atoms with Crippen LogP contribution in [0.25, 0.3) is 0 Å². The number of sulfonamides is 1. The zero-order valence-electron chi connectivity index (χ0n) is 18.8. The molecule has 1 atom stereocenters. The maximum Gasteiger partial charge on any atom is 0.244 e. The van der Waals surface area contributed by atoms with Crippen LogP contribution >= 0.6 is 0 Å². The number of hydrogen-bond acceptors (Lipinski definition) is 4. The van der Waals surface area contributed by atoms with Crippen molar-refractivity contribution in [3.05, 3.63) is 65.5 Å². The lowest BCUT2D eigenvalue weighted by atomic mass is 10.0. The van der Waals surface area contributed by atoms with Crippen LogP contribution in [-0.2, 0) is 27.9 Å². The lowest BCUT2D eigenvalue weighted by Crippen LogP contribution is -2.49. The minimum absolute atomic E-state index is 0.265. The van der Waals surface area contributed by atoms with Crippen LogP contribution in [0.1, 0.15) is 43.7 Å². The van der Waals surface area contributed by atoms with E-state index in [0.717, 1.165) is 35.8 Å². The summed E-state index contributed by atoms with van der Waals surface area (Å²) in [5.74, 6) is -0.847. The van der Waals surface area contributed by atoms with Gasteiger partial charge in [-0.15, -0.1) is 0 Å². The number of nitrogens with one attached hydrogen (secondary N) is 1. The average Bonchev–Trinajstić information content (AvgIpc) is 2.77. The molecule has 0 bridgehead atoms. The summed E-state index contributed by atoms with van der Waals surface area (Å²) in [6, 6.07) is 12.2. The van der Waals surface area contributed by atoms with Gasteiger partial charge < -0.3 is 5.32 Å². The van der Waals surface area contributed by atoms with Crippen molar-refractivity contribution in [2.75, 3.05) is 23.7 Å². The van der Waals surface area contributed by atoms with E-state index in [1.807, 2.05) is 18.2 Å². The van der Waals surface area contributed by atoms with Crippen molar-refractivity contribution in [3.8, 4) is 0 Å².